The number of thioether (sulfide) groups is 1. The summed E-state index contributed by atoms with van der Waals surface area (Å²) in [5, 5.41) is 10.5. The molecule has 2 atom stereocenters. The highest BCUT2D eigenvalue weighted by Gasteiger charge is 2.37. The Kier molecular flexibility index (Phi) is 9.90. The summed E-state index contributed by atoms with van der Waals surface area (Å²) >= 11 is 1.29. The Hall–Kier alpha value is -3.48. The fourth-order valence-corrected chi connectivity index (χ4v) is 6.86. The summed E-state index contributed by atoms with van der Waals surface area (Å²) in [6.45, 7) is 4.95. The third-order valence-electron chi connectivity index (χ3n) is 7.98. The standard InChI is InChI=1S/C33H36F3N3O2S/c1-23(28-16-17-30(41-4)31-29(28)15-9-20-39(31)24(2)40)38(3)19-10-18-32(22-37,42-27-13-6-5-7-14-27)25-11-8-12-26(21-25)33(34,35)36/h5-8,11-14,16-17,21,23H,9-10,15,18-20H2,1-4H3. The van der Waals surface area contributed by atoms with E-state index in [0.29, 0.717) is 37.2 Å². The van der Waals surface area contributed by atoms with E-state index in [9.17, 15) is 23.2 Å². The zero-order valence-corrected chi connectivity index (χ0v) is 25.2. The van der Waals surface area contributed by atoms with Crippen molar-refractivity contribution in [1.82, 2.24) is 4.90 Å². The lowest BCUT2D eigenvalue weighted by Gasteiger charge is -2.35. The summed E-state index contributed by atoms with van der Waals surface area (Å²) in [6.07, 6.45) is -1.85. The third kappa shape index (κ3) is 6.77. The van der Waals surface area contributed by atoms with Crippen LogP contribution in [0.1, 0.15) is 61.4 Å². The van der Waals surface area contributed by atoms with Gasteiger partial charge in [-0.25, -0.2) is 0 Å². The normalized spacial score (nSPS) is 15.5. The molecule has 0 bridgehead atoms. The maximum Gasteiger partial charge on any atom is 0.416 e. The average Bonchev–Trinajstić information content (AvgIpc) is 2.99. The fraction of sp³-hybridized carbons (Fsp3) is 0.394. The Bertz CT molecular complexity index is 1440. The molecule has 1 heterocycles. The van der Waals surface area contributed by atoms with Gasteiger partial charge in [-0.3, -0.25) is 9.69 Å². The van der Waals surface area contributed by atoms with Gasteiger partial charge in [-0.2, -0.15) is 18.4 Å². The molecule has 5 nitrogen and oxygen atoms in total. The summed E-state index contributed by atoms with van der Waals surface area (Å²) in [6, 6.07) is 20.8. The molecule has 0 radical (unpaired) electrons. The van der Waals surface area contributed by atoms with E-state index in [4.69, 9.17) is 4.74 Å². The van der Waals surface area contributed by atoms with Gasteiger partial charge < -0.3 is 9.64 Å². The second-order valence-electron chi connectivity index (χ2n) is 10.7. The number of ether oxygens (including phenoxy) is 1. The van der Waals surface area contributed by atoms with Crippen molar-refractivity contribution in [2.45, 2.75) is 61.4 Å². The summed E-state index contributed by atoms with van der Waals surface area (Å²) < 4.78 is 45.2. The van der Waals surface area contributed by atoms with Crippen molar-refractivity contribution in [3.05, 3.63) is 89.0 Å². The lowest BCUT2D eigenvalue weighted by molar-refractivity contribution is -0.137. The van der Waals surface area contributed by atoms with Crippen LogP contribution in [-0.4, -0.2) is 38.1 Å². The second-order valence-corrected chi connectivity index (χ2v) is 12.0. The van der Waals surface area contributed by atoms with Crippen molar-refractivity contribution in [1.29, 1.82) is 5.26 Å². The number of hydrogen-bond acceptors (Lipinski definition) is 5. The maximum atomic E-state index is 13.6. The van der Waals surface area contributed by atoms with Gasteiger partial charge in [-0.1, -0.05) is 48.2 Å². The molecule has 1 aliphatic rings. The van der Waals surface area contributed by atoms with Gasteiger partial charge >= 0.3 is 6.18 Å². The fourth-order valence-electron chi connectivity index (χ4n) is 5.63. The van der Waals surface area contributed by atoms with Crippen molar-refractivity contribution < 1.29 is 22.7 Å². The number of methoxy groups -OCH3 is 1. The van der Waals surface area contributed by atoms with Gasteiger partial charge in [0.25, 0.3) is 0 Å². The number of benzene rings is 3. The second kappa shape index (κ2) is 13.2. The molecule has 0 fully saturated rings. The number of nitrogens with zero attached hydrogens (tertiary/aromatic N) is 3. The Morgan fingerprint density at radius 2 is 1.83 bits per heavy atom. The quantitative estimate of drug-likeness (QED) is 0.222. The van der Waals surface area contributed by atoms with Gasteiger partial charge in [0.15, 0.2) is 0 Å². The van der Waals surface area contributed by atoms with E-state index in [0.717, 1.165) is 46.7 Å². The predicted molar refractivity (Wildman–Crippen MR) is 161 cm³/mol. The summed E-state index contributed by atoms with van der Waals surface area (Å²) in [5.41, 5.74) is 2.63. The van der Waals surface area contributed by atoms with Crippen LogP contribution in [0, 0.1) is 11.3 Å². The summed E-state index contributed by atoms with van der Waals surface area (Å²) in [7, 11) is 3.62. The van der Waals surface area contributed by atoms with Crippen molar-refractivity contribution in [2.24, 2.45) is 0 Å². The molecule has 0 saturated carbocycles. The predicted octanol–water partition coefficient (Wildman–Crippen LogP) is 8.00. The molecule has 0 spiro atoms. The van der Waals surface area contributed by atoms with Crippen LogP contribution in [0.5, 0.6) is 5.75 Å². The first-order valence-corrected chi connectivity index (χ1v) is 14.8. The Morgan fingerprint density at radius 1 is 1.12 bits per heavy atom. The molecule has 0 N–H and O–H groups in total. The summed E-state index contributed by atoms with van der Waals surface area (Å²) in [4.78, 5) is 17.2. The minimum atomic E-state index is -4.50. The molecular formula is C33H36F3N3O2S. The van der Waals surface area contributed by atoms with E-state index in [2.05, 4.69) is 24.0 Å². The van der Waals surface area contributed by atoms with Crippen LogP contribution >= 0.6 is 11.8 Å². The molecule has 2 unspecified atom stereocenters. The van der Waals surface area contributed by atoms with E-state index in [1.54, 1.807) is 25.0 Å². The monoisotopic (exact) mass is 595 g/mol. The van der Waals surface area contributed by atoms with Gasteiger partial charge in [0.2, 0.25) is 5.91 Å². The molecule has 4 rings (SSSR count). The molecule has 0 aromatic heterocycles. The molecule has 1 amide bonds. The van der Waals surface area contributed by atoms with Crippen molar-refractivity contribution >= 4 is 23.4 Å². The number of rotatable bonds is 10. The van der Waals surface area contributed by atoms with Crippen molar-refractivity contribution in [3.63, 3.8) is 0 Å². The number of carbonyl (C=O) groups excluding carboxylic acids is 1. The molecular weight excluding hydrogens is 559 g/mol. The van der Waals surface area contributed by atoms with Gasteiger partial charge in [0, 0.05) is 24.4 Å². The van der Waals surface area contributed by atoms with Crippen molar-refractivity contribution in [3.8, 4) is 11.8 Å². The SMILES string of the molecule is COc1ccc(C(C)N(C)CCCC(C#N)(Sc2ccccc2)c2cccc(C(F)(F)F)c2)c2c1N(C(C)=O)CCC2. The zero-order valence-electron chi connectivity index (χ0n) is 24.4. The highest BCUT2D eigenvalue weighted by Crippen LogP contribution is 2.46. The lowest BCUT2D eigenvalue weighted by Crippen LogP contribution is -2.35. The first-order valence-electron chi connectivity index (χ1n) is 14.0. The number of halogens is 3. The number of fused-ring (bicyclic) bond motifs is 1. The van der Waals surface area contributed by atoms with Gasteiger partial charge in [-0.05, 0) is 93.2 Å². The zero-order chi connectivity index (χ0) is 30.5. The topological polar surface area (TPSA) is 56.6 Å². The van der Waals surface area contributed by atoms with Crippen molar-refractivity contribution in [2.75, 3.05) is 32.1 Å². The van der Waals surface area contributed by atoms with E-state index in [1.807, 2.05) is 43.4 Å². The van der Waals surface area contributed by atoms with Crippen LogP contribution in [0.25, 0.3) is 0 Å². The van der Waals surface area contributed by atoms with Crippen LogP contribution in [-0.2, 0) is 22.1 Å². The maximum absolute atomic E-state index is 13.6. The lowest BCUT2D eigenvalue weighted by atomic mass is 9.91. The van der Waals surface area contributed by atoms with Crippen LogP contribution < -0.4 is 9.64 Å². The molecule has 0 aliphatic carbocycles. The van der Waals surface area contributed by atoms with E-state index >= 15 is 0 Å². The highest BCUT2D eigenvalue weighted by atomic mass is 32.2. The first kappa shape index (κ1) is 31.5. The molecule has 0 saturated heterocycles. The number of carbonyl (C=O) groups is 1. The number of amides is 1. The van der Waals surface area contributed by atoms with Gasteiger partial charge in [0.05, 0.1) is 24.4 Å². The van der Waals surface area contributed by atoms with Crippen LogP contribution in [0.2, 0.25) is 0 Å². The third-order valence-corrected chi connectivity index (χ3v) is 9.37. The molecule has 9 heteroatoms. The minimum absolute atomic E-state index is 0.00313. The number of nitriles is 1. The van der Waals surface area contributed by atoms with Gasteiger partial charge in [0.1, 0.15) is 10.5 Å². The smallest absolute Gasteiger partial charge is 0.416 e. The largest absolute Gasteiger partial charge is 0.495 e. The van der Waals surface area contributed by atoms with E-state index in [1.165, 1.54) is 17.8 Å². The Labute approximate surface area is 250 Å². The highest BCUT2D eigenvalue weighted by molar-refractivity contribution is 8.00. The minimum Gasteiger partial charge on any atom is -0.495 e. The number of hydrogen-bond donors (Lipinski definition) is 0. The van der Waals surface area contributed by atoms with Crippen LogP contribution in [0.15, 0.2) is 71.6 Å². The number of alkyl halides is 3. The van der Waals surface area contributed by atoms with E-state index < -0.39 is 16.5 Å². The van der Waals surface area contributed by atoms with Gasteiger partial charge in [-0.15, -0.1) is 0 Å². The molecule has 3 aromatic rings. The molecule has 42 heavy (non-hydrogen) atoms. The van der Waals surface area contributed by atoms with E-state index in [-0.39, 0.29) is 11.9 Å². The Morgan fingerprint density at radius 3 is 2.48 bits per heavy atom. The summed E-state index contributed by atoms with van der Waals surface area (Å²) in [5.74, 6) is 0.655. The van der Waals surface area contributed by atoms with Crippen LogP contribution in [0.3, 0.4) is 0 Å². The molecule has 222 valence electrons. The average molecular weight is 596 g/mol. The molecule has 1 aliphatic heterocycles. The first-order chi connectivity index (χ1) is 20.0. The molecule has 3 aromatic carbocycles. The Balaban J connectivity index is 1.58. The van der Waals surface area contributed by atoms with Crippen LogP contribution in [0.4, 0.5) is 18.9 Å². The number of anilines is 1.